The molecule has 1 aliphatic heterocycles. The molecule has 1 fully saturated rings. The predicted molar refractivity (Wildman–Crippen MR) is 146 cm³/mol. The van der Waals surface area contributed by atoms with Crippen molar-refractivity contribution in [2.45, 2.75) is 45.0 Å². The Hall–Kier alpha value is -3.21. The fourth-order valence-corrected chi connectivity index (χ4v) is 5.62. The highest BCUT2D eigenvalue weighted by molar-refractivity contribution is 6.36. The van der Waals surface area contributed by atoms with Crippen molar-refractivity contribution in [1.29, 1.82) is 0 Å². The van der Waals surface area contributed by atoms with E-state index >= 15 is 0 Å². The second kappa shape index (κ2) is 10.6. The van der Waals surface area contributed by atoms with Gasteiger partial charge in [0.15, 0.2) is 5.60 Å². The van der Waals surface area contributed by atoms with Crippen LogP contribution < -0.4 is 4.74 Å². The number of aliphatic hydroxyl groups is 1. The van der Waals surface area contributed by atoms with Crippen LogP contribution in [0.15, 0.2) is 42.7 Å². The van der Waals surface area contributed by atoms with E-state index in [0.29, 0.717) is 51.3 Å². The van der Waals surface area contributed by atoms with Crippen LogP contribution in [0.4, 0.5) is 13.2 Å². The number of likely N-dealkylation sites (tertiary alicyclic amines) is 1. The van der Waals surface area contributed by atoms with Gasteiger partial charge in [-0.05, 0) is 74.2 Å². The van der Waals surface area contributed by atoms with Crippen LogP contribution >= 0.6 is 11.6 Å². The third kappa shape index (κ3) is 5.04. The van der Waals surface area contributed by atoms with Crippen LogP contribution in [0.5, 0.6) is 5.88 Å². The van der Waals surface area contributed by atoms with Gasteiger partial charge in [0.1, 0.15) is 11.5 Å². The Labute approximate surface area is 235 Å². The number of hydrogen-bond acceptors (Lipinski definition) is 6. The number of methoxy groups -OCH3 is 1. The molecule has 5 rings (SSSR count). The zero-order chi connectivity index (χ0) is 28.8. The maximum atomic E-state index is 13.6. The Morgan fingerprint density at radius 3 is 2.42 bits per heavy atom. The monoisotopic (exact) mass is 573 g/mol. The Bertz CT molecular complexity index is 1550. The van der Waals surface area contributed by atoms with Crippen molar-refractivity contribution in [2.24, 2.45) is 13.0 Å². The molecule has 7 nitrogen and oxygen atoms in total. The standard InChI is InChI=1S/C29H31ClF3N5O2/c1-17-8-11-38(12-9-17)16-22-26(30)21-13-19(5-6-23(21)36-27(22)40-4)28(39,25-15-35-18(2)37(25)3)20-7-10-34-24(14-20)29(31,32)33/h5-7,10,13-15,17,39H,8-9,11-12,16H2,1-4H3. The molecule has 1 aliphatic rings. The molecule has 0 radical (unpaired) electrons. The summed E-state index contributed by atoms with van der Waals surface area (Å²) in [6.07, 6.45) is 0.00401. The van der Waals surface area contributed by atoms with Gasteiger partial charge in [-0.15, -0.1) is 0 Å². The summed E-state index contributed by atoms with van der Waals surface area (Å²) in [6.45, 7) is 6.41. The molecular weight excluding hydrogens is 543 g/mol. The summed E-state index contributed by atoms with van der Waals surface area (Å²) < 4.78 is 48.1. The molecule has 4 aromatic rings. The minimum absolute atomic E-state index is 0.00238. The van der Waals surface area contributed by atoms with Gasteiger partial charge in [-0.1, -0.05) is 24.6 Å². The molecule has 11 heteroatoms. The zero-order valence-corrected chi connectivity index (χ0v) is 23.5. The normalized spacial score (nSPS) is 16.8. The molecule has 0 spiro atoms. The van der Waals surface area contributed by atoms with E-state index in [2.05, 4.69) is 26.8 Å². The first-order valence-corrected chi connectivity index (χ1v) is 13.4. The minimum Gasteiger partial charge on any atom is -0.481 e. The lowest BCUT2D eigenvalue weighted by atomic mass is 9.83. The summed E-state index contributed by atoms with van der Waals surface area (Å²) in [6, 6.07) is 7.24. The van der Waals surface area contributed by atoms with Crippen molar-refractivity contribution in [2.75, 3.05) is 20.2 Å². The van der Waals surface area contributed by atoms with Crippen molar-refractivity contribution in [3.05, 3.63) is 81.7 Å². The number of benzene rings is 1. The SMILES string of the molecule is COc1nc2ccc(C(O)(c3ccnc(C(F)(F)F)c3)c3cnc(C)n3C)cc2c(Cl)c1CN1CCC(C)CC1. The van der Waals surface area contributed by atoms with Crippen molar-refractivity contribution in [3.63, 3.8) is 0 Å². The Morgan fingerprint density at radius 1 is 1.10 bits per heavy atom. The van der Waals surface area contributed by atoms with E-state index in [4.69, 9.17) is 16.3 Å². The molecule has 40 heavy (non-hydrogen) atoms. The van der Waals surface area contributed by atoms with Crippen LogP contribution in [-0.4, -0.2) is 49.7 Å². The Kier molecular flexibility index (Phi) is 7.54. The quantitative estimate of drug-likeness (QED) is 0.311. The van der Waals surface area contributed by atoms with Gasteiger partial charge < -0.3 is 14.4 Å². The van der Waals surface area contributed by atoms with Gasteiger partial charge >= 0.3 is 6.18 Å². The van der Waals surface area contributed by atoms with E-state index in [0.717, 1.165) is 43.8 Å². The summed E-state index contributed by atoms with van der Waals surface area (Å²) >= 11 is 7.00. The molecule has 1 aromatic carbocycles. The smallest absolute Gasteiger partial charge is 0.433 e. The molecule has 1 unspecified atom stereocenters. The maximum Gasteiger partial charge on any atom is 0.433 e. The van der Waals surface area contributed by atoms with E-state index in [1.807, 2.05) is 0 Å². The fourth-order valence-electron chi connectivity index (χ4n) is 5.33. The summed E-state index contributed by atoms with van der Waals surface area (Å²) in [5.74, 6) is 1.68. The summed E-state index contributed by atoms with van der Waals surface area (Å²) in [5, 5.41) is 13.3. The number of ether oxygens (including phenoxy) is 1. The summed E-state index contributed by atoms with van der Waals surface area (Å²) in [5.41, 5.74) is -1.23. The van der Waals surface area contributed by atoms with E-state index in [9.17, 15) is 18.3 Å². The number of fused-ring (bicyclic) bond motifs is 1. The lowest BCUT2D eigenvalue weighted by Crippen LogP contribution is -2.32. The van der Waals surface area contributed by atoms with Crippen molar-refractivity contribution < 1.29 is 23.0 Å². The number of piperidine rings is 1. The zero-order valence-electron chi connectivity index (χ0n) is 22.8. The lowest BCUT2D eigenvalue weighted by Gasteiger charge is -2.31. The molecule has 4 heterocycles. The largest absolute Gasteiger partial charge is 0.481 e. The topological polar surface area (TPSA) is 76.3 Å². The number of aryl methyl sites for hydroxylation is 1. The average Bonchev–Trinajstić information content (AvgIpc) is 3.28. The van der Waals surface area contributed by atoms with E-state index < -0.39 is 17.5 Å². The molecule has 0 aliphatic carbocycles. The number of pyridine rings is 2. The average molecular weight is 574 g/mol. The molecule has 0 bridgehead atoms. The van der Waals surface area contributed by atoms with Crippen LogP contribution in [0.3, 0.4) is 0 Å². The highest BCUT2D eigenvalue weighted by Gasteiger charge is 2.40. The Balaban J connectivity index is 1.69. The molecule has 3 aromatic heterocycles. The molecule has 0 saturated carbocycles. The van der Waals surface area contributed by atoms with E-state index in [1.54, 1.807) is 43.8 Å². The fraction of sp³-hybridized carbons (Fsp3) is 0.414. The van der Waals surface area contributed by atoms with Crippen LogP contribution in [0.1, 0.15) is 53.7 Å². The highest BCUT2D eigenvalue weighted by atomic mass is 35.5. The second-order valence-electron chi connectivity index (χ2n) is 10.5. The number of alkyl halides is 3. The van der Waals surface area contributed by atoms with Gasteiger partial charge in [-0.3, -0.25) is 9.88 Å². The minimum atomic E-state index is -4.69. The van der Waals surface area contributed by atoms with Crippen LogP contribution in [0.2, 0.25) is 5.02 Å². The van der Waals surface area contributed by atoms with Crippen LogP contribution in [0, 0.1) is 12.8 Å². The van der Waals surface area contributed by atoms with E-state index in [1.165, 1.54) is 12.3 Å². The molecule has 212 valence electrons. The molecular formula is C29H31ClF3N5O2. The van der Waals surface area contributed by atoms with Gasteiger partial charge in [0, 0.05) is 30.7 Å². The van der Waals surface area contributed by atoms with Gasteiger partial charge in [0.05, 0.1) is 29.5 Å². The van der Waals surface area contributed by atoms with Crippen LogP contribution in [0.25, 0.3) is 10.9 Å². The van der Waals surface area contributed by atoms with Crippen molar-refractivity contribution >= 4 is 22.5 Å². The molecule has 1 N–H and O–H groups in total. The highest BCUT2D eigenvalue weighted by Crippen LogP contribution is 2.42. The van der Waals surface area contributed by atoms with Gasteiger partial charge in [0.25, 0.3) is 0 Å². The first kappa shape index (κ1) is 28.3. The van der Waals surface area contributed by atoms with Gasteiger partial charge in [-0.25, -0.2) is 9.97 Å². The molecule has 1 atom stereocenters. The van der Waals surface area contributed by atoms with Gasteiger partial charge in [0.2, 0.25) is 5.88 Å². The third-order valence-corrected chi connectivity index (χ3v) is 8.34. The van der Waals surface area contributed by atoms with Crippen molar-refractivity contribution in [1.82, 2.24) is 24.4 Å². The number of imidazole rings is 1. The molecule has 0 amide bonds. The Morgan fingerprint density at radius 2 is 1.80 bits per heavy atom. The molecule has 1 saturated heterocycles. The summed E-state index contributed by atoms with van der Waals surface area (Å²) in [7, 11) is 3.25. The number of hydrogen-bond donors (Lipinski definition) is 1. The first-order chi connectivity index (χ1) is 18.9. The first-order valence-electron chi connectivity index (χ1n) is 13.1. The third-order valence-electron chi connectivity index (χ3n) is 7.91. The number of aromatic nitrogens is 4. The number of rotatable bonds is 6. The lowest BCUT2D eigenvalue weighted by molar-refractivity contribution is -0.141. The van der Waals surface area contributed by atoms with E-state index in [-0.39, 0.29) is 5.56 Å². The maximum absolute atomic E-state index is 13.6. The van der Waals surface area contributed by atoms with Crippen LogP contribution in [-0.2, 0) is 25.4 Å². The summed E-state index contributed by atoms with van der Waals surface area (Å²) in [4.78, 5) is 14.8. The van der Waals surface area contributed by atoms with Crippen molar-refractivity contribution in [3.8, 4) is 5.88 Å². The number of halogens is 4. The predicted octanol–water partition coefficient (Wildman–Crippen LogP) is 5.87. The number of nitrogens with zero attached hydrogens (tertiary/aromatic N) is 5. The van der Waals surface area contributed by atoms with Gasteiger partial charge in [-0.2, -0.15) is 13.2 Å². The second-order valence-corrected chi connectivity index (χ2v) is 10.9.